The summed E-state index contributed by atoms with van der Waals surface area (Å²) in [5, 5.41) is 6.98. The lowest BCUT2D eigenvalue weighted by molar-refractivity contribution is 0.851. The number of hydrogen-bond acceptors (Lipinski definition) is 3. The van der Waals surface area contributed by atoms with E-state index in [-0.39, 0.29) is 6.54 Å². The number of nitrogens with one attached hydrogen (secondary N) is 1. The molecule has 0 radical (unpaired) electrons. The van der Waals surface area contributed by atoms with Gasteiger partial charge in [0.2, 0.25) is 0 Å². The van der Waals surface area contributed by atoms with Crippen LogP contribution in [0.25, 0.3) is 5.69 Å². The molecule has 84 valence electrons. The van der Waals surface area contributed by atoms with E-state index in [0.29, 0.717) is 21.6 Å². The Morgan fingerprint density at radius 3 is 2.88 bits per heavy atom. The van der Waals surface area contributed by atoms with E-state index in [2.05, 4.69) is 10.2 Å². The third-order valence-electron chi connectivity index (χ3n) is 2.07. The molecule has 1 aromatic heterocycles. The molecule has 7 heteroatoms. The molecular weight excluding hydrogens is 251 g/mol. The fraction of sp³-hybridized carbons (Fsp3) is 0.111. The van der Waals surface area contributed by atoms with Gasteiger partial charge < -0.3 is 5.73 Å². The first kappa shape index (κ1) is 11.2. The van der Waals surface area contributed by atoms with Crippen LogP contribution in [0.4, 0.5) is 0 Å². The Labute approximate surface area is 101 Å². The van der Waals surface area contributed by atoms with Crippen molar-refractivity contribution in [1.82, 2.24) is 14.8 Å². The second-order valence-corrected chi connectivity index (χ2v) is 3.92. The zero-order chi connectivity index (χ0) is 11.7. The first-order valence-electron chi connectivity index (χ1n) is 4.45. The molecule has 0 aliphatic heterocycles. The largest absolute Gasteiger partial charge is 0.348 e. The third-order valence-corrected chi connectivity index (χ3v) is 2.63. The minimum Gasteiger partial charge on any atom is -0.324 e. The van der Waals surface area contributed by atoms with Gasteiger partial charge in [0.1, 0.15) is 0 Å². The molecule has 0 unspecified atom stereocenters. The summed E-state index contributed by atoms with van der Waals surface area (Å²) in [6, 6.07) is 4.83. The van der Waals surface area contributed by atoms with Gasteiger partial charge in [0, 0.05) is 5.02 Å². The summed E-state index contributed by atoms with van der Waals surface area (Å²) in [4.78, 5) is 11.6. The molecule has 0 bridgehead atoms. The predicted molar refractivity (Wildman–Crippen MR) is 62.1 cm³/mol. The topological polar surface area (TPSA) is 76.7 Å². The quantitative estimate of drug-likeness (QED) is 0.854. The maximum absolute atomic E-state index is 11.6. The van der Waals surface area contributed by atoms with Gasteiger partial charge in [0.15, 0.2) is 5.82 Å². The molecule has 0 saturated heterocycles. The SMILES string of the molecule is NCc1n[nH]c(=O)n1-c1cc(Cl)ccc1Cl. The van der Waals surface area contributed by atoms with Gasteiger partial charge in [-0.2, -0.15) is 5.10 Å². The molecule has 5 nitrogen and oxygen atoms in total. The highest BCUT2D eigenvalue weighted by Gasteiger charge is 2.12. The van der Waals surface area contributed by atoms with E-state index in [1.807, 2.05) is 0 Å². The van der Waals surface area contributed by atoms with Gasteiger partial charge in [-0.15, -0.1) is 0 Å². The van der Waals surface area contributed by atoms with Crippen molar-refractivity contribution in [3.63, 3.8) is 0 Å². The molecule has 16 heavy (non-hydrogen) atoms. The van der Waals surface area contributed by atoms with Crippen LogP contribution in [0.15, 0.2) is 23.0 Å². The minimum absolute atomic E-state index is 0.127. The van der Waals surface area contributed by atoms with Gasteiger partial charge in [-0.05, 0) is 18.2 Å². The lowest BCUT2D eigenvalue weighted by Crippen LogP contribution is -2.18. The number of rotatable bonds is 2. The van der Waals surface area contributed by atoms with E-state index in [0.717, 1.165) is 0 Å². The van der Waals surface area contributed by atoms with Crippen molar-refractivity contribution in [3.8, 4) is 5.69 Å². The van der Waals surface area contributed by atoms with Crippen molar-refractivity contribution in [2.24, 2.45) is 5.73 Å². The van der Waals surface area contributed by atoms with E-state index < -0.39 is 5.69 Å². The molecule has 1 aromatic carbocycles. The number of nitrogens with two attached hydrogens (primary N) is 1. The van der Waals surface area contributed by atoms with Crippen molar-refractivity contribution in [1.29, 1.82) is 0 Å². The van der Waals surface area contributed by atoms with Crippen LogP contribution in [0.3, 0.4) is 0 Å². The van der Waals surface area contributed by atoms with Crippen molar-refractivity contribution < 1.29 is 0 Å². The molecule has 0 fully saturated rings. The summed E-state index contributed by atoms with van der Waals surface area (Å²) in [7, 11) is 0. The fourth-order valence-electron chi connectivity index (χ4n) is 1.37. The van der Waals surface area contributed by atoms with Gasteiger partial charge in [0.25, 0.3) is 0 Å². The summed E-state index contributed by atoms with van der Waals surface area (Å²) >= 11 is 11.8. The van der Waals surface area contributed by atoms with E-state index in [1.165, 1.54) is 4.57 Å². The second-order valence-electron chi connectivity index (χ2n) is 3.08. The number of benzene rings is 1. The highest BCUT2D eigenvalue weighted by Crippen LogP contribution is 2.23. The lowest BCUT2D eigenvalue weighted by Gasteiger charge is -2.06. The van der Waals surface area contributed by atoms with E-state index >= 15 is 0 Å². The molecule has 2 aromatic rings. The smallest absolute Gasteiger partial charge is 0.324 e. The van der Waals surface area contributed by atoms with Crippen LogP contribution < -0.4 is 11.4 Å². The van der Waals surface area contributed by atoms with Crippen LogP contribution >= 0.6 is 23.2 Å². The van der Waals surface area contributed by atoms with Crippen LogP contribution in [-0.2, 0) is 6.54 Å². The van der Waals surface area contributed by atoms with Crippen molar-refractivity contribution in [2.45, 2.75) is 6.54 Å². The van der Waals surface area contributed by atoms with Crippen LogP contribution in [-0.4, -0.2) is 14.8 Å². The minimum atomic E-state index is -0.399. The molecule has 0 aliphatic carbocycles. The Hall–Kier alpha value is -1.30. The Bertz CT molecular complexity index is 575. The lowest BCUT2D eigenvalue weighted by atomic mass is 10.3. The Morgan fingerprint density at radius 2 is 2.19 bits per heavy atom. The second kappa shape index (κ2) is 4.29. The van der Waals surface area contributed by atoms with Crippen molar-refractivity contribution in [2.75, 3.05) is 0 Å². The standard InChI is InChI=1S/C9H8Cl2N4O/c10-5-1-2-6(11)7(3-5)15-8(4-12)13-14-9(15)16/h1-3H,4,12H2,(H,14,16). The summed E-state index contributed by atoms with van der Waals surface area (Å²) in [5.41, 5.74) is 5.54. The number of nitrogens with zero attached hydrogens (tertiary/aromatic N) is 2. The fourth-order valence-corrected chi connectivity index (χ4v) is 1.74. The molecule has 0 aliphatic rings. The molecule has 0 amide bonds. The average molecular weight is 259 g/mol. The molecule has 2 rings (SSSR count). The average Bonchev–Trinajstić information content (AvgIpc) is 2.63. The van der Waals surface area contributed by atoms with Gasteiger partial charge in [-0.25, -0.2) is 14.5 Å². The van der Waals surface area contributed by atoms with Crippen LogP contribution in [0.5, 0.6) is 0 Å². The van der Waals surface area contributed by atoms with Crippen molar-refractivity contribution in [3.05, 3.63) is 44.6 Å². The highest BCUT2D eigenvalue weighted by molar-refractivity contribution is 6.34. The first-order chi connectivity index (χ1) is 7.63. The molecular formula is C9H8Cl2N4O. The maximum Gasteiger partial charge on any atom is 0.348 e. The summed E-state index contributed by atoms with van der Waals surface area (Å²) < 4.78 is 1.30. The monoisotopic (exact) mass is 258 g/mol. The Balaban J connectivity index is 2.71. The molecule has 0 spiro atoms. The molecule has 1 heterocycles. The van der Waals surface area contributed by atoms with Crippen LogP contribution in [0.2, 0.25) is 10.0 Å². The molecule has 0 saturated carbocycles. The number of aromatic amines is 1. The summed E-state index contributed by atoms with van der Waals surface area (Å²) in [6.45, 7) is 0.127. The molecule has 3 N–H and O–H groups in total. The van der Waals surface area contributed by atoms with Gasteiger partial charge >= 0.3 is 5.69 Å². The van der Waals surface area contributed by atoms with Gasteiger partial charge in [-0.1, -0.05) is 23.2 Å². The molecule has 0 atom stereocenters. The zero-order valence-electron chi connectivity index (χ0n) is 8.08. The van der Waals surface area contributed by atoms with Gasteiger partial charge in [0.05, 0.1) is 17.3 Å². The summed E-state index contributed by atoms with van der Waals surface area (Å²) in [5.74, 6) is 0.397. The van der Waals surface area contributed by atoms with Crippen molar-refractivity contribution >= 4 is 23.2 Å². The van der Waals surface area contributed by atoms with E-state index in [9.17, 15) is 4.79 Å². The number of hydrogen-bond donors (Lipinski definition) is 2. The number of H-pyrrole nitrogens is 1. The van der Waals surface area contributed by atoms with E-state index in [1.54, 1.807) is 18.2 Å². The van der Waals surface area contributed by atoms with Crippen LogP contribution in [0.1, 0.15) is 5.82 Å². The zero-order valence-corrected chi connectivity index (χ0v) is 9.59. The maximum atomic E-state index is 11.6. The van der Waals surface area contributed by atoms with Crippen LogP contribution in [0, 0.1) is 0 Å². The van der Waals surface area contributed by atoms with Gasteiger partial charge in [-0.3, -0.25) is 0 Å². The Kier molecular flexibility index (Phi) is 3.00. The summed E-state index contributed by atoms with van der Waals surface area (Å²) in [6.07, 6.45) is 0. The Morgan fingerprint density at radius 1 is 1.44 bits per heavy atom. The normalized spacial score (nSPS) is 10.7. The number of halogens is 2. The first-order valence-corrected chi connectivity index (χ1v) is 5.21. The predicted octanol–water partition coefficient (Wildman–Crippen LogP) is 1.33. The highest BCUT2D eigenvalue weighted by atomic mass is 35.5. The third kappa shape index (κ3) is 1.84. The number of aromatic nitrogens is 3. The van der Waals surface area contributed by atoms with E-state index in [4.69, 9.17) is 28.9 Å².